The summed E-state index contributed by atoms with van der Waals surface area (Å²) in [6.45, 7) is 3.91. The molecule has 4 bridgehead atoms. The lowest BCUT2D eigenvalue weighted by Crippen LogP contribution is -2.50. The van der Waals surface area contributed by atoms with E-state index in [0.717, 1.165) is 22.6 Å². The van der Waals surface area contributed by atoms with Crippen LogP contribution >= 0.6 is 11.8 Å². The van der Waals surface area contributed by atoms with E-state index < -0.39 is 0 Å². The Hall–Kier alpha value is -1.49. The normalized spacial score (nSPS) is 32.1. The van der Waals surface area contributed by atoms with Gasteiger partial charge in [-0.15, -0.1) is 11.8 Å². The minimum absolute atomic E-state index is 0.0298. The van der Waals surface area contributed by atoms with Crippen LogP contribution in [0, 0.1) is 30.1 Å². The predicted octanol–water partition coefficient (Wildman–Crippen LogP) is 4.23. The lowest BCUT2D eigenvalue weighted by atomic mass is 9.49. The van der Waals surface area contributed by atoms with Crippen molar-refractivity contribution in [3.05, 3.63) is 29.8 Å². The smallest absolute Gasteiger partial charge is 0.251 e. The fraction of sp³-hybridized carbons (Fsp3) is 0.636. The highest BCUT2D eigenvalue weighted by Gasteiger charge is 2.51. The molecule has 5 heteroatoms. The number of hydrogen-bond acceptors (Lipinski definition) is 3. The van der Waals surface area contributed by atoms with Crippen LogP contribution in [0.3, 0.4) is 0 Å². The Balaban J connectivity index is 1.25. The van der Waals surface area contributed by atoms with Crippen molar-refractivity contribution in [1.29, 1.82) is 0 Å². The topological polar surface area (TPSA) is 58.2 Å². The molecule has 2 amide bonds. The Kier molecular flexibility index (Phi) is 5.23. The molecule has 0 heterocycles. The summed E-state index contributed by atoms with van der Waals surface area (Å²) in [4.78, 5) is 25.9. The Morgan fingerprint density at radius 2 is 1.59 bits per heavy atom. The highest BCUT2D eigenvalue weighted by molar-refractivity contribution is 8.00. The first-order valence-corrected chi connectivity index (χ1v) is 11.1. The van der Waals surface area contributed by atoms with Crippen LogP contribution in [0.4, 0.5) is 0 Å². The van der Waals surface area contributed by atoms with Crippen molar-refractivity contribution >= 4 is 23.6 Å². The molecule has 4 nitrogen and oxygen atoms in total. The first kappa shape index (κ1) is 18.9. The minimum Gasteiger partial charge on any atom is -0.273 e. The number of amides is 2. The van der Waals surface area contributed by atoms with Gasteiger partial charge in [0.15, 0.2) is 0 Å². The van der Waals surface area contributed by atoms with Crippen molar-refractivity contribution in [3.63, 3.8) is 0 Å². The molecule has 4 fully saturated rings. The quantitative estimate of drug-likeness (QED) is 0.588. The van der Waals surface area contributed by atoms with Crippen molar-refractivity contribution in [3.8, 4) is 0 Å². The zero-order valence-corrected chi connectivity index (χ0v) is 17.1. The van der Waals surface area contributed by atoms with E-state index >= 15 is 0 Å². The number of benzene rings is 1. The SMILES string of the molecule is Cc1ccc(S[C@@H](C)C(=O)NNC(=O)CC23CC4CC(CC(C4)C2)C3)cc1. The van der Waals surface area contributed by atoms with Gasteiger partial charge in [0.2, 0.25) is 5.91 Å². The van der Waals surface area contributed by atoms with E-state index in [-0.39, 0.29) is 22.5 Å². The first-order chi connectivity index (χ1) is 12.9. The second-order valence-electron chi connectivity index (χ2n) is 9.20. The third-order valence-electron chi connectivity index (χ3n) is 6.73. The number of thioether (sulfide) groups is 1. The summed E-state index contributed by atoms with van der Waals surface area (Å²) < 4.78 is 0. The average molecular weight is 387 g/mol. The zero-order chi connectivity index (χ0) is 19.0. The molecule has 1 aromatic rings. The van der Waals surface area contributed by atoms with E-state index in [1.54, 1.807) is 0 Å². The van der Waals surface area contributed by atoms with Crippen LogP contribution in [0.5, 0.6) is 0 Å². The maximum Gasteiger partial charge on any atom is 0.251 e. The number of nitrogens with one attached hydrogen (secondary N) is 2. The van der Waals surface area contributed by atoms with Crippen LogP contribution in [0.15, 0.2) is 29.2 Å². The van der Waals surface area contributed by atoms with Crippen molar-refractivity contribution in [1.82, 2.24) is 10.9 Å². The highest BCUT2D eigenvalue weighted by atomic mass is 32.2. The Bertz CT molecular complexity index is 680. The Morgan fingerprint density at radius 3 is 2.15 bits per heavy atom. The molecule has 146 valence electrons. The van der Waals surface area contributed by atoms with Gasteiger partial charge in [0.05, 0.1) is 5.25 Å². The van der Waals surface area contributed by atoms with E-state index in [4.69, 9.17) is 0 Å². The van der Waals surface area contributed by atoms with Crippen molar-refractivity contribution < 1.29 is 9.59 Å². The fourth-order valence-corrected chi connectivity index (χ4v) is 6.87. The molecule has 1 aromatic carbocycles. The van der Waals surface area contributed by atoms with Gasteiger partial charge in [-0.3, -0.25) is 20.4 Å². The van der Waals surface area contributed by atoms with Crippen molar-refractivity contribution in [2.24, 2.45) is 23.2 Å². The van der Waals surface area contributed by atoms with Gasteiger partial charge >= 0.3 is 0 Å². The zero-order valence-electron chi connectivity index (χ0n) is 16.3. The summed E-state index contributed by atoms with van der Waals surface area (Å²) in [5.74, 6) is 2.33. The summed E-state index contributed by atoms with van der Waals surface area (Å²) in [6, 6.07) is 8.13. The van der Waals surface area contributed by atoms with Crippen molar-refractivity contribution in [2.45, 2.75) is 68.9 Å². The number of hydrazine groups is 1. The first-order valence-electron chi connectivity index (χ1n) is 10.2. The number of carbonyl (C=O) groups excluding carboxylic acids is 2. The van der Waals surface area contributed by atoms with Crippen LogP contribution < -0.4 is 10.9 Å². The van der Waals surface area contributed by atoms with Gasteiger partial charge in [0.25, 0.3) is 5.91 Å². The molecule has 0 aliphatic heterocycles. The molecule has 4 saturated carbocycles. The Labute approximate surface area is 166 Å². The number of aryl methyl sites for hydroxylation is 1. The van der Waals surface area contributed by atoms with E-state index in [1.165, 1.54) is 55.9 Å². The summed E-state index contributed by atoms with van der Waals surface area (Å²) in [5.41, 5.74) is 6.72. The lowest BCUT2D eigenvalue weighted by molar-refractivity contribution is -0.134. The molecular weight excluding hydrogens is 356 g/mol. The molecule has 0 unspecified atom stereocenters. The van der Waals surface area contributed by atoms with Gasteiger partial charge < -0.3 is 0 Å². The number of carbonyl (C=O) groups is 2. The third kappa shape index (κ3) is 4.34. The van der Waals surface area contributed by atoms with Crippen LogP contribution in [-0.4, -0.2) is 17.1 Å². The third-order valence-corrected chi connectivity index (χ3v) is 7.84. The highest BCUT2D eigenvalue weighted by Crippen LogP contribution is 2.61. The minimum atomic E-state index is -0.257. The summed E-state index contributed by atoms with van der Waals surface area (Å²) in [5, 5.41) is -0.257. The van der Waals surface area contributed by atoms with Crippen LogP contribution in [0.1, 0.15) is 57.4 Å². The number of hydrogen-bond donors (Lipinski definition) is 2. The van der Waals surface area contributed by atoms with Gasteiger partial charge in [-0.1, -0.05) is 17.7 Å². The van der Waals surface area contributed by atoms with Crippen LogP contribution in [0.25, 0.3) is 0 Å². The molecule has 5 rings (SSSR count). The number of rotatable bonds is 5. The summed E-state index contributed by atoms with van der Waals surface area (Å²) in [6.07, 6.45) is 8.33. The summed E-state index contributed by atoms with van der Waals surface area (Å²) >= 11 is 1.50. The van der Waals surface area contributed by atoms with E-state index in [2.05, 4.69) is 10.9 Å². The van der Waals surface area contributed by atoms with Gasteiger partial charge in [0.1, 0.15) is 0 Å². The van der Waals surface area contributed by atoms with Gasteiger partial charge in [-0.2, -0.15) is 0 Å². The second-order valence-corrected chi connectivity index (χ2v) is 10.6. The molecule has 4 aliphatic carbocycles. The maximum atomic E-state index is 12.5. The fourth-order valence-electron chi connectivity index (χ4n) is 6.00. The van der Waals surface area contributed by atoms with E-state index in [1.807, 2.05) is 38.1 Å². The second kappa shape index (κ2) is 7.50. The molecule has 1 atom stereocenters. The molecule has 0 aromatic heterocycles. The van der Waals surface area contributed by atoms with Crippen LogP contribution in [-0.2, 0) is 9.59 Å². The Morgan fingerprint density at radius 1 is 1.04 bits per heavy atom. The van der Waals surface area contributed by atoms with Crippen molar-refractivity contribution in [2.75, 3.05) is 0 Å². The molecule has 4 aliphatic rings. The van der Waals surface area contributed by atoms with Gasteiger partial charge in [-0.05, 0) is 87.7 Å². The molecule has 0 spiro atoms. The van der Waals surface area contributed by atoms with E-state index in [0.29, 0.717) is 6.42 Å². The lowest BCUT2D eigenvalue weighted by Gasteiger charge is -2.56. The standard InChI is InChI=1S/C22H30N2O2S/c1-14-3-5-19(6-4-14)27-15(2)21(26)24-23-20(25)13-22-10-16-7-17(11-22)9-18(8-16)12-22/h3-6,15-18H,7-13H2,1-2H3,(H,23,25)(H,24,26)/t15-,16?,17?,18?,22?/m0/s1. The largest absolute Gasteiger partial charge is 0.273 e. The van der Waals surface area contributed by atoms with E-state index in [9.17, 15) is 9.59 Å². The monoisotopic (exact) mass is 386 g/mol. The maximum absolute atomic E-state index is 12.5. The van der Waals surface area contributed by atoms with Crippen LogP contribution in [0.2, 0.25) is 0 Å². The molecular formula is C22H30N2O2S. The van der Waals surface area contributed by atoms with Gasteiger partial charge in [-0.25, -0.2) is 0 Å². The predicted molar refractivity (Wildman–Crippen MR) is 108 cm³/mol. The summed E-state index contributed by atoms with van der Waals surface area (Å²) in [7, 11) is 0. The molecule has 2 N–H and O–H groups in total. The van der Waals surface area contributed by atoms with Gasteiger partial charge in [0, 0.05) is 11.3 Å². The molecule has 0 saturated heterocycles. The molecule has 0 radical (unpaired) electrons. The average Bonchev–Trinajstić information content (AvgIpc) is 2.60. The molecule has 27 heavy (non-hydrogen) atoms.